The minimum absolute atomic E-state index is 0.120. The Morgan fingerprint density at radius 3 is 2.32 bits per heavy atom. The van der Waals surface area contributed by atoms with Gasteiger partial charge in [-0.15, -0.1) is 0 Å². The van der Waals surface area contributed by atoms with Gasteiger partial charge in [-0.1, -0.05) is 19.9 Å². The highest BCUT2D eigenvalue weighted by atomic mass is 32.2. The first-order valence-electron chi connectivity index (χ1n) is 9.16. The van der Waals surface area contributed by atoms with Gasteiger partial charge in [-0.3, -0.25) is 9.52 Å². The molecule has 8 heteroatoms. The Morgan fingerprint density at radius 1 is 1.07 bits per heavy atom. The summed E-state index contributed by atoms with van der Waals surface area (Å²) in [7, 11) is -3.93. The third kappa shape index (κ3) is 5.77. The molecule has 0 aliphatic carbocycles. The smallest absolute Gasteiger partial charge is 0.262 e. The Balaban J connectivity index is 2.02. The van der Waals surface area contributed by atoms with E-state index in [4.69, 9.17) is 0 Å². The summed E-state index contributed by atoms with van der Waals surface area (Å²) in [6, 6.07) is 9.70. The summed E-state index contributed by atoms with van der Waals surface area (Å²) in [6.45, 7) is 8.88. The van der Waals surface area contributed by atoms with E-state index in [-0.39, 0.29) is 10.8 Å². The van der Waals surface area contributed by atoms with Crippen molar-refractivity contribution in [2.24, 2.45) is 0 Å². The van der Waals surface area contributed by atoms with Crippen LogP contribution in [0.15, 0.2) is 47.4 Å². The summed E-state index contributed by atoms with van der Waals surface area (Å²) in [4.78, 5) is 14.3. The number of hydrogen-bond donors (Lipinski definition) is 2. The molecule has 0 radical (unpaired) electrons. The predicted molar refractivity (Wildman–Crippen MR) is 109 cm³/mol. The molecule has 2 aromatic rings. The van der Waals surface area contributed by atoms with Crippen LogP contribution in [0.1, 0.15) is 29.8 Å². The van der Waals surface area contributed by atoms with E-state index in [1.807, 2.05) is 0 Å². The molecule has 2 N–H and O–H groups in total. The maximum Gasteiger partial charge on any atom is 0.262 e. The lowest BCUT2D eigenvalue weighted by molar-refractivity contribution is 0.0949. The third-order valence-corrected chi connectivity index (χ3v) is 5.97. The van der Waals surface area contributed by atoms with Crippen LogP contribution in [0.4, 0.5) is 10.1 Å². The number of aryl methyl sites for hydroxylation is 1. The summed E-state index contributed by atoms with van der Waals surface area (Å²) < 4.78 is 40.8. The molecule has 152 valence electrons. The molecule has 0 aliphatic rings. The van der Waals surface area contributed by atoms with Crippen molar-refractivity contribution in [3.05, 3.63) is 59.4 Å². The van der Waals surface area contributed by atoms with E-state index in [9.17, 15) is 17.6 Å². The molecule has 2 aromatic carbocycles. The lowest BCUT2D eigenvalue weighted by atomic mass is 10.2. The summed E-state index contributed by atoms with van der Waals surface area (Å²) >= 11 is 0. The first-order valence-corrected chi connectivity index (χ1v) is 10.6. The van der Waals surface area contributed by atoms with Crippen molar-refractivity contribution in [3.8, 4) is 0 Å². The van der Waals surface area contributed by atoms with Crippen LogP contribution in [0.25, 0.3) is 0 Å². The zero-order valence-corrected chi connectivity index (χ0v) is 17.1. The molecule has 0 spiro atoms. The van der Waals surface area contributed by atoms with Crippen LogP contribution in [0.3, 0.4) is 0 Å². The van der Waals surface area contributed by atoms with Gasteiger partial charge >= 0.3 is 0 Å². The van der Waals surface area contributed by atoms with E-state index in [0.29, 0.717) is 23.4 Å². The second-order valence-corrected chi connectivity index (χ2v) is 8.03. The van der Waals surface area contributed by atoms with E-state index in [2.05, 4.69) is 28.8 Å². The van der Waals surface area contributed by atoms with Crippen molar-refractivity contribution in [1.82, 2.24) is 10.2 Å². The van der Waals surface area contributed by atoms with Crippen LogP contribution in [0.2, 0.25) is 0 Å². The fourth-order valence-corrected chi connectivity index (χ4v) is 4.05. The van der Waals surface area contributed by atoms with Gasteiger partial charge in [0.15, 0.2) is 0 Å². The van der Waals surface area contributed by atoms with Gasteiger partial charge < -0.3 is 10.2 Å². The zero-order chi connectivity index (χ0) is 20.7. The van der Waals surface area contributed by atoms with E-state index in [1.165, 1.54) is 24.3 Å². The molecule has 0 heterocycles. The van der Waals surface area contributed by atoms with Crippen LogP contribution >= 0.6 is 0 Å². The number of hydrogen-bond acceptors (Lipinski definition) is 4. The Kier molecular flexibility index (Phi) is 7.53. The highest BCUT2D eigenvalue weighted by molar-refractivity contribution is 7.92. The zero-order valence-electron chi connectivity index (χ0n) is 16.3. The molecular weight excluding hydrogens is 381 g/mol. The first kappa shape index (κ1) is 21.8. The fourth-order valence-electron chi connectivity index (χ4n) is 2.73. The number of sulfonamides is 1. The lowest BCUT2D eigenvalue weighted by Gasteiger charge is -2.18. The van der Waals surface area contributed by atoms with Crippen molar-refractivity contribution >= 4 is 21.6 Å². The Labute approximate surface area is 165 Å². The SMILES string of the molecule is CCN(CC)CCNC(=O)c1ccc(NS(=O)(=O)c2cc(F)ccc2C)cc1. The van der Waals surface area contributed by atoms with Crippen LogP contribution < -0.4 is 10.0 Å². The van der Waals surface area contributed by atoms with Gasteiger partial charge in [0.25, 0.3) is 15.9 Å². The van der Waals surface area contributed by atoms with E-state index in [0.717, 1.165) is 25.7 Å². The number of amides is 1. The van der Waals surface area contributed by atoms with Gasteiger partial charge in [0, 0.05) is 24.3 Å². The van der Waals surface area contributed by atoms with Crippen molar-refractivity contribution in [2.45, 2.75) is 25.7 Å². The van der Waals surface area contributed by atoms with E-state index in [1.54, 1.807) is 19.1 Å². The molecule has 0 unspecified atom stereocenters. The maximum atomic E-state index is 13.4. The molecule has 0 fully saturated rings. The van der Waals surface area contributed by atoms with Gasteiger partial charge in [-0.25, -0.2) is 12.8 Å². The van der Waals surface area contributed by atoms with Gasteiger partial charge in [0.1, 0.15) is 5.82 Å². The average molecular weight is 408 g/mol. The van der Waals surface area contributed by atoms with Crippen molar-refractivity contribution in [3.63, 3.8) is 0 Å². The van der Waals surface area contributed by atoms with Gasteiger partial charge in [-0.2, -0.15) is 0 Å². The van der Waals surface area contributed by atoms with Gasteiger partial charge in [0.2, 0.25) is 0 Å². The number of carbonyl (C=O) groups excluding carboxylic acids is 1. The topological polar surface area (TPSA) is 78.5 Å². The number of carbonyl (C=O) groups is 1. The average Bonchev–Trinajstić information content (AvgIpc) is 2.67. The predicted octanol–water partition coefficient (Wildman–Crippen LogP) is 3.01. The Morgan fingerprint density at radius 2 is 1.71 bits per heavy atom. The molecule has 0 saturated heterocycles. The summed E-state index contributed by atoms with van der Waals surface area (Å²) in [5.41, 5.74) is 1.17. The van der Waals surface area contributed by atoms with Gasteiger partial charge in [-0.05, 0) is 62.0 Å². The second-order valence-electron chi connectivity index (χ2n) is 6.38. The van der Waals surface area contributed by atoms with E-state index < -0.39 is 15.8 Å². The van der Waals surface area contributed by atoms with Crippen LogP contribution in [0.5, 0.6) is 0 Å². The van der Waals surface area contributed by atoms with Crippen LogP contribution in [-0.2, 0) is 10.0 Å². The number of nitrogens with one attached hydrogen (secondary N) is 2. The molecule has 1 amide bonds. The van der Waals surface area contributed by atoms with Crippen LogP contribution in [-0.4, -0.2) is 45.4 Å². The minimum Gasteiger partial charge on any atom is -0.351 e. The van der Waals surface area contributed by atoms with Crippen molar-refractivity contribution in [2.75, 3.05) is 30.9 Å². The van der Waals surface area contributed by atoms with Crippen molar-refractivity contribution < 1.29 is 17.6 Å². The third-order valence-electron chi connectivity index (χ3n) is 4.45. The van der Waals surface area contributed by atoms with Crippen molar-refractivity contribution in [1.29, 1.82) is 0 Å². The molecule has 0 aliphatic heterocycles. The number of rotatable bonds is 9. The monoisotopic (exact) mass is 407 g/mol. The maximum absolute atomic E-state index is 13.4. The highest BCUT2D eigenvalue weighted by Crippen LogP contribution is 2.20. The lowest BCUT2D eigenvalue weighted by Crippen LogP contribution is -2.34. The molecule has 0 saturated carbocycles. The largest absolute Gasteiger partial charge is 0.351 e. The molecule has 0 bridgehead atoms. The summed E-state index contributed by atoms with van der Waals surface area (Å²) in [6.07, 6.45) is 0. The highest BCUT2D eigenvalue weighted by Gasteiger charge is 2.18. The summed E-state index contributed by atoms with van der Waals surface area (Å²) in [5, 5.41) is 2.84. The van der Waals surface area contributed by atoms with Gasteiger partial charge in [0.05, 0.1) is 4.90 Å². The minimum atomic E-state index is -3.93. The number of nitrogens with zero attached hydrogens (tertiary/aromatic N) is 1. The molecule has 2 rings (SSSR count). The Bertz CT molecular complexity index is 911. The summed E-state index contributed by atoms with van der Waals surface area (Å²) in [5.74, 6) is -0.842. The molecular formula is C20H26FN3O3S. The second kappa shape index (κ2) is 9.66. The molecule has 0 aromatic heterocycles. The van der Waals surface area contributed by atoms with E-state index >= 15 is 0 Å². The van der Waals surface area contributed by atoms with Crippen LogP contribution in [0, 0.1) is 12.7 Å². The molecule has 28 heavy (non-hydrogen) atoms. The quantitative estimate of drug-likeness (QED) is 0.670. The molecule has 6 nitrogen and oxygen atoms in total. The number of likely N-dealkylation sites (N-methyl/N-ethyl adjacent to an activating group) is 1. The Hall–Kier alpha value is -2.45. The standard InChI is InChI=1S/C20H26FN3O3S/c1-4-24(5-2)13-12-22-20(25)16-7-10-18(11-8-16)23-28(26,27)19-14-17(21)9-6-15(19)3/h6-11,14,23H,4-5,12-13H2,1-3H3,(H,22,25). The molecule has 0 atom stereocenters. The number of anilines is 1. The number of benzene rings is 2. The first-order chi connectivity index (χ1) is 13.3. The fraction of sp³-hybridized carbons (Fsp3) is 0.350. The normalized spacial score (nSPS) is 11.5. The number of halogens is 1.